The number of fused-ring (bicyclic) bond motifs is 3. The fraction of sp³-hybridized carbons (Fsp3) is 0. The number of para-hydroxylation sites is 1. The maximum absolute atomic E-state index is 5.04. The summed E-state index contributed by atoms with van der Waals surface area (Å²) in [7, 11) is 0. The maximum atomic E-state index is 5.04. The molecule has 6 heterocycles. The smallest absolute Gasteiger partial charge is 0.215 e. The van der Waals surface area contributed by atoms with Crippen LogP contribution in [0.4, 0.5) is 0 Å². The Morgan fingerprint density at radius 3 is 2.40 bits per heavy atom. The second kappa shape index (κ2) is 8.46. The summed E-state index contributed by atoms with van der Waals surface area (Å²) in [5, 5.41) is 53.8. The van der Waals surface area contributed by atoms with Gasteiger partial charge in [0.1, 0.15) is 16.9 Å². The van der Waals surface area contributed by atoms with Crippen LogP contribution in [0.5, 0.6) is 0 Å². The highest BCUT2D eigenvalue weighted by Gasteiger charge is 2.31. The molecular formula is C26H16N16. The zero-order valence-corrected chi connectivity index (χ0v) is 21.2. The second-order valence-corrected chi connectivity index (χ2v) is 9.51. The zero-order valence-electron chi connectivity index (χ0n) is 21.2. The number of benzene rings is 3. The Hall–Kier alpha value is -6.58. The van der Waals surface area contributed by atoms with E-state index in [4.69, 9.17) is 10.1 Å². The van der Waals surface area contributed by atoms with Gasteiger partial charge in [-0.25, -0.2) is 10.1 Å². The van der Waals surface area contributed by atoms with Gasteiger partial charge in [0.25, 0.3) is 0 Å². The molecule has 0 bridgehead atoms. The molecule has 16 heteroatoms. The first kappa shape index (κ1) is 22.3. The van der Waals surface area contributed by atoms with E-state index in [9.17, 15) is 0 Å². The van der Waals surface area contributed by atoms with Gasteiger partial charge in [0.2, 0.25) is 5.82 Å². The van der Waals surface area contributed by atoms with Crippen molar-refractivity contribution in [2.24, 2.45) is 0 Å². The lowest BCUT2D eigenvalue weighted by Gasteiger charge is -2.18. The van der Waals surface area contributed by atoms with Crippen molar-refractivity contribution < 1.29 is 0 Å². The maximum Gasteiger partial charge on any atom is 0.215 e. The number of aromatic nitrogens is 16. The van der Waals surface area contributed by atoms with E-state index in [-0.39, 0.29) is 0 Å². The molecule has 0 spiro atoms. The van der Waals surface area contributed by atoms with Crippen LogP contribution in [0.1, 0.15) is 0 Å². The van der Waals surface area contributed by atoms with Crippen LogP contribution in [0.3, 0.4) is 0 Å². The first-order chi connectivity index (χ1) is 20.8. The summed E-state index contributed by atoms with van der Waals surface area (Å²) >= 11 is 0. The normalized spacial score (nSPS) is 11.8. The van der Waals surface area contributed by atoms with Gasteiger partial charge in [-0.1, -0.05) is 40.8 Å². The Kier molecular flexibility index (Phi) is 4.48. The predicted octanol–water partition coefficient (Wildman–Crippen LogP) is 3.40. The molecule has 0 fully saturated rings. The van der Waals surface area contributed by atoms with Gasteiger partial charge in [-0.05, 0) is 28.6 Å². The SMILES string of the molecule is c1ccc2c(-c3c(-c4c[nH]nn4)c(-c4cccc5[nH]nnc45)c4nc(-c5nnn[nH]5)[nH]c4c3-c3cc[nH]n3)n[nH]c2c1. The van der Waals surface area contributed by atoms with E-state index >= 15 is 0 Å². The molecule has 42 heavy (non-hydrogen) atoms. The largest absolute Gasteiger partial charge is 0.335 e. The summed E-state index contributed by atoms with van der Waals surface area (Å²) in [6.07, 6.45) is 3.51. The van der Waals surface area contributed by atoms with E-state index in [1.807, 2.05) is 48.5 Å². The Labute approximate surface area is 232 Å². The fourth-order valence-corrected chi connectivity index (χ4v) is 5.56. The molecule has 9 rings (SSSR count). The van der Waals surface area contributed by atoms with Crippen LogP contribution >= 0.6 is 0 Å². The molecule has 16 nitrogen and oxygen atoms in total. The first-order valence-electron chi connectivity index (χ1n) is 12.8. The summed E-state index contributed by atoms with van der Waals surface area (Å²) in [6, 6.07) is 15.7. The van der Waals surface area contributed by atoms with Crippen LogP contribution in [0, 0.1) is 0 Å². The van der Waals surface area contributed by atoms with Gasteiger partial charge in [0.15, 0.2) is 5.82 Å². The third kappa shape index (κ3) is 3.10. The van der Waals surface area contributed by atoms with Crippen LogP contribution in [-0.2, 0) is 0 Å². The Bertz CT molecular complexity index is 2350. The van der Waals surface area contributed by atoms with E-state index in [1.54, 1.807) is 12.4 Å². The first-order valence-corrected chi connectivity index (χ1v) is 12.8. The van der Waals surface area contributed by atoms with E-state index < -0.39 is 0 Å². The molecule has 200 valence electrons. The third-order valence-corrected chi connectivity index (χ3v) is 7.27. The van der Waals surface area contributed by atoms with Gasteiger partial charge in [-0.2, -0.15) is 10.2 Å². The van der Waals surface area contributed by atoms with Gasteiger partial charge in [-0.3, -0.25) is 20.4 Å². The minimum absolute atomic E-state index is 0.375. The lowest BCUT2D eigenvalue weighted by molar-refractivity contribution is 0.881. The summed E-state index contributed by atoms with van der Waals surface area (Å²) in [4.78, 5) is 8.50. The molecule has 0 amide bonds. The number of hydrogen-bond donors (Lipinski definition) is 6. The van der Waals surface area contributed by atoms with Crippen molar-refractivity contribution in [3.8, 4) is 56.5 Å². The topological polar surface area (TPSA) is 224 Å². The molecule has 0 saturated heterocycles. The average molecular weight is 553 g/mol. The van der Waals surface area contributed by atoms with Crippen molar-refractivity contribution in [3.05, 3.63) is 60.9 Å². The highest BCUT2D eigenvalue weighted by molar-refractivity contribution is 6.19. The molecule has 3 aromatic carbocycles. The fourth-order valence-electron chi connectivity index (χ4n) is 5.56. The molecule has 0 atom stereocenters. The average Bonchev–Trinajstić information content (AvgIpc) is 3.87. The lowest BCUT2D eigenvalue weighted by atomic mass is 9.85. The molecule has 0 radical (unpaired) electrons. The van der Waals surface area contributed by atoms with Crippen molar-refractivity contribution >= 4 is 33.0 Å². The minimum atomic E-state index is 0.375. The van der Waals surface area contributed by atoms with E-state index in [2.05, 4.69) is 71.7 Å². The van der Waals surface area contributed by atoms with Gasteiger partial charge < -0.3 is 4.98 Å². The van der Waals surface area contributed by atoms with Crippen molar-refractivity contribution in [2.45, 2.75) is 0 Å². The highest BCUT2D eigenvalue weighted by Crippen LogP contribution is 2.51. The summed E-state index contributed by atoms with van der Waals surface area (Å²) in [5.74, 6) is 0.815. The monoisotopic (exact) mass is 552 g/mol. The van der Waals surface area contributed by atoms with Crippen LogP contribution in [0.15, 0.2) is 60.9 Å². The number of aromatic amines is 6. The molecule has 0 saturated carbocycles. The summed E-state index contributed by atoms with van der Waals surface area (Å²) in [5.41, 5.74) is 9.37. The molecule has 0 aliphatic carbocycles. The van der Waals surface area contributed by atoms with Crippen LogP contribution in [0.2, 0.25) is 0 Å². The van der Waals surface area contributed by atoms with E-state index in [0.717, 1.165) is 44.2 Å². The van der Waals surface area contributed by atoms with Crippen molar-refractivity contribution in [1.82, 2.24) is 81.8 Å². The Morgan fingerprint density at radius 2 is 1.55 bits per heavy atom. The predicted molar refractivity (Wildman–Crippen MR) is 150 cm³/mol. The van der Waals surface area contributed by atoms with Crippen LogP contribution < -0.4 is 0 Å². The van der Waals surface area contributed by atoms with Crippen molar-refractivity contribution in [2.75, 3.05) is 0 Å². The number of hydrogen-bond acceptors (Lipinski definition) is 10. The molecule has 0 aliphatic heterocycles. The number of tetrazole rings is 1. The number of nitrogens with zero attached hydrogens (tertiary/aromatic N) is 10. The molecule has 0 unspecified atom stereocenters. The molecule has 0 aliphatic rings. The van der Waals surface area contributed by atoms with Crippen LogP contribution in [0.25, 0.3) is 89.5 Å². The van der Waals surface area contributed by atoms with Crippen molar-refractivity contribution in [3.63, 3.8) is 0 Å². The van der Waals surface area contributed by atoms with Gasteiger partial charge in [0.05, 0.1) is 34.0 Å². The number of H-pyrrole nitrogens is 6. The van der Waals surface area contributed by atoms with Gasteiger partial charge in [0, 0.05) is 39.4 Å². The second-order valence-electron chi connectivity index (χ2n) is 9.51. The lowest BCUT2D eigenvalue weighted by Crippen LogP contribution is -1.99. The third-order valence-electron chi connectivity index (χ3n) is 7.27. The van der Waals surface area contributed by atoms with Crippen molar-refractivity contribution in [1.29, 1.82) is 0 Å². The summed E-state index contributed by atoms with van der Waals surface area (Å²) in [6.45, 7) is 0. The molecular weight excluding hydrogens is 536 g/mol. The Morgan fingerprint density at radius 1 is 0.595 bits per heavy atom. The van der Waals surface area contributed by atoms with Gasteiger partial charge >= 0.3 is 0 Å². The molecule has 6 aromatic heterocycles. The quantitative estimate of drug-likeness (QED) is 0.182. The molecule has 9 aromatic rings. The van der Waals surface area contributed by atoms with E-state index in [0.29, 0.717) is 45.3 Å². The standard InChI is InChI=1S/C26H16N16/c1-2-6-13-11(4-1)22(35-32-13)20-18(16-10-28-39-34-16)17(12-5-3-7-15-21(12)36-40-33-15)23-24(19(20)14-8-9-27-31-14)30-25(29-23)26-37-41-42-38-26/h1-10H,(H,27,31)(H,29,30)(H,32,35)(H,28,34,39)(H,33,36,40)(H,37,38,41,42). The number of rotatable bonds is 5. The highest BCUT2D eigenvalue weighted by atomic mass is 15.5. The van der Waals surface area contributed by atoms with Gasteiger partial charge in [-0.15, -0.1) is 15.3 Å². The van der Waals surface area contributed by atoms with Crippen LogP contribution in [-0.4, -0.2) is 81.8 Å². The number of imidazole rings is 1. The zero-order chi connectivity index (χ0) is 27.6. The minimum Gasteiger partial charge on any atom is -0.335 e. The van der Waals surface area contributed by atoms with E-state index in [1.165, 1.54) is 0 Å². The molecule has 6 N–H and O–H groups in total. The Balaban J connectivity index is 1.56. The summed E-state index contributed by atoms with van der Waals surface area (Å²) < 4.78 is 0. The number of nitrogens with one attached hydrogen (secondary N) is 6.